The van der Waals surface area contributed by atoms with Crippen molar-refractivity contribution in [3.05, 3.63) is 47.5 Å². The topological polar surface area (TPSA) is 53.7 Å². The maximum Gasteiger partial charge on any atom is 0.306 e. The molecule has 2 heterocycles. The van der Waals surface area contributed by atoms with Crippen LogP contribution in [-0.2, 0) is 11.3 Å². The fraction of sp³-hybridized carbons (Fsp3) is 0.389. The van der Waals surface area contributed by atoms with E-state index in [0.29, 0.717) is 30.7 Å². The molecule has 1 N–H and O–H groups in total. The molecule has 0 bridgehead atoms. The van der Waals surface area contributed by atoms with E-state index in [0.717, 1.165) is 24.4 Å². The van der Waals surface area contributed by atoms with Crippen LogP contribution in [-0.4, -0.2) is 29.1 Å². The first kappa shape index (κ1) is 15.7. The lowest BCUT2D eigenvalue weighted by atomic mass is 9.97. The minimum absolute atomic E-state index is 0.228. The van der Waals surface area contributed by atoms with Crippen molar-refractivity contribution in [1.82, 2.24) is 4.90 Å². The number of carbonyl (C=O) groups is 1. The van der Waals surface area contributed by atoms with Gasteiger partial charge < -0.3 is 9.52 Å². The molecule has 0 amide bonds. The summed E-state index contributed by atoms with van der Waals surface area (Å²) >= 11 is 0. The predicted molar refractivity (Wildman–Crippen MR) is 84.5 cm³/mol. The molecular formula is C18H20FNO3. The van der Waals surface area contributed by atoms with E-state index in [1.165, 1.54) is 6.07 Å². The van der Waals surface area contributed by atoms with Gasteiger partial charge in [-0.05, 0) is 56.6 Å². The molecule has 122 valence electrons. The number of furan rings is 1. The highest BCUT2D eigenvalue weighted by atomic mass is 19.1. The van der Waals surface area contributed by atoms with Crippen LogP contribution >= 0.6 is 0 Å². The van der Waals surface area contributed by atoms with Crippen LogP contribution < -0.4 is 0 Å². The van der Waals surface area contributed by atoms with Crippen molar-refractivity contribution in [3.63, 3.8) is 0 Å². The Labute approximate surface area is 134 Å². The maximum atomic E-state index is 13.6. The van der Waals surface area contributed by atoms with E-state index in [2.05, 4.69) is 4.90 Å². The molecule has 23 heavy (non-hydrogen) atoms. The highest BCUT2D eigenvalue weighted by Gasteiger charge is 2.24. The van der Waals surface area contributed by atoms with E-state index in [-0.39, 0.29) is 11.7 Å². The van der Waals surface area contributed by atoms with E-state index in [1.54, 1.807) is 13.0 Å². The van der Waals surface area contributed by atoms with Crippen LogP contribution in [0.4, 0.5) is 4.39 Å². The van der Waals surface area contributed by atoms with Gasteiger partial charge in [0, 0.05) is 5.56 Å². The van der Waals surface area contributed by atoms with Crippen LogP contribution in [0.5, 0.6) is 0 Å². The summed E-state index contributed by atoms with van der Waals surface area (Å²) in [5.41, 5.74) is 1.34. The fourth-order valence-electron chi connectivity index (χ4n) is 3.04. The number of benzene rings is 1. The summed E-state index contributed by atoms with van der Waals surface area (Å²) in [7, 11) is 0. The van der Waals surface area contributed by atoms with Crippen LogP contribution in [0.2, 0.25) is 0 Å². The summed E-state index contributed by atoms with van der Waals surface area (Å²) in [5.74, 6) is 0.311. The molecule has 5 heteroatoms. The third-order valence-electron chi connectivity index (χ3n) is 4.51. The minimum atomic E-state index is -0.702. The Balaban J connectivity index is 1.66. The van der Waals surface area contributed by atoms with Crippen molar-refractivity contribution in [3.8, 4) is 11.3 Å². The van der Waals surface area contributed by atoms with E-state index in [1.807, 2.05) is 18.2 Å². The van der Waals surface area contributed by atoms with Crippen molar-refractivity contribution >= 4 is 5.97 Å². The lowest BCUT2D eigenvalue weighted by Gasteiger charge is -2.29. The third-order valence-corrected chi connectivity index (χ3v) is 4.51. The molecule has 2 aromatic rings. The molecule has 1 aromatic heterocycles. The molecule has 0 aliphatic carbocycles. The summed E-state index contributed by atoms with van der Waals surface area (Å²) in [6, 6.07) is 8.73. The fourth-order valence-corrected chi connectivity index (χ4v) is 3.04. The summed E-state index contributed by atoms with van der Waals surface area (Å²) in [4.78, 5) is 13.2. The van der Waals surface area contributed by atoms with Gasteiger partial charge in [-0.3, -0.25) is 9.69 Å². The second-order valence-electron chi connectivity index (χ2n) is 6.07. The highest BCUT2D eigenvalue weighted by Crippen LogP contribution is 2.28. The van der Waals surface area contributed by atoms with Crippen molar-refractivity contribution in [2.75, 3.05) is 13.1 Å². The number of hydrogen-bond donors (Lipinski definition) is 1. The second-order valence-corrected chi connectivity index (χ2v) is 6.07. The standard InChI is InChI=1S/C18H20FNO3/c1-12-15(3-2-4-16(12)19)17-6-5-14(23-17)11-20-9-7-13(8-10-20)18(21)22/h2-6,13H,7-11H2,1H3,(H,21,22). The molecule has 0 spiro atoms. The molecule has 0 unspecified atom stereocenters. The Bertz CT molecular complexity index is 702. The van der Waals surface area contributed by atoms with Crippen LogP contribution in [0, 0.1) is 18.7 Å². The van der Waals surface area contributed by atoms with Crippen molar-refractivity contribution < 1.29 is 18.7 Å². The SMILES string of the molecule is Cc1c(F)cccc1-c1ccc(CN2CCC(C(=O)O)CC2)o1. The Morgan fingerprint density at radius 3 is 2.74 bits per heavy atom. The Morgan fingerprint density at radius 2 is 2.04 bits per heavy atom. The van der Waals surface area contributed by atoms with Gasteiger partial charge in [-0.25, -0.2) is 4.39 Å². The summed E-state index contributed by atoms with van der Waals surface area (Å²) in [5, 5.41) is 9.02. The number of piperidine rings is 1. The lowest BCUT2D eigenvalue weighted by Crippen LogP contribution is -2.35. The second kappa shape index (κ2) is 6.54. The van der Waals surface area contributed by atoms with Gasteiger partial charge in [-0.2, -0.15) is 0 Å². The van der Waals surface area contributed by atoms with Crippen molar-refractivity contribution in [2.45, 2.75) is 26.3 Å². The van der Waals surface area contributed by atoms with Crippen molar-refractivity contribution in [2.24, 2.45) is 5.92 Å². The van der Waals surface area contributed by atoms with Gasteiger partial charge in [0.05, 0.1) is 12.5 Å². The van der Waals surface area contributed by atoms with E-state index < -0.39 is 5.97 Å². The summed E-state index contributed by atoms with van der Waals surface area (Å²) < 4.78 is 19.5. The zero-order chi connectivity index (χ0) is 16.4. The van der Waals surface area contributed by atoms with Gasteiger partial charge in [-0.15, -0.1) is 0 Å². The molecule has 0 saturated carbocycles. The largest absolute Gasteiger partial charge is 0.481 e. The maximum absolute atomic E-state index is 13.6. The number of nitrogens with zero attached hydrogens (tertiary/aromatic N) is 1. The molecule has 1 fully saturated rings. The lowest BCUT2D eigenvalue weighted by molar-refractivity contribution is -0.143. The third kappa shape index (κ3) is 3.45. The average molecular weight is 317 g/mol. The minimum Gasteiger partial charge on any atom is -0.481 e. The number of rotatable bonds is 4. The Hall–Kier alpha value is -2.14. The molecule has 1 saturated heterocycles. The first-order valence-electron chi connectivity index (χ1n) is 7.84. The molecule has 4 nitrogen and oxygen atoms in total. The van der Waals surface area contributed by atoms with E-state index in [4.69, 9.17) is 9.52 Å². The van der Waals surface area contributed by atoms with Crippen LogP contribution in [0.15, 0.2) is 34.7 Å². The van der Waals surface area contributed by atoms with E-state index >= 15 is 0 Å². The van der Waals surface area contributed by atoms with E-state index in [9.17, 15) is 9.18 Å². The van der Waals surface area contributed by atoms with Gasteiger partial charge in [0.1, 0.15) is 17.3 Å². The molecule has 0 atom stereocenters. The van der Waals surface area contributed by atoms with Gasteiger partial charge in [0.25, 0.3) is 0 Å². The number of likely N-dealkylation sites (tertiary alicyclic amines) is 1. The number of carboxylic acid groups (broad SMARTS) is 1. The quantitative estimate of drug-likeness (QED) is 0.934. The smallest absolute Gasteiger partial charge is 0.306 e. The van der Waals surface area contributed by atoms with Crippen LogP contribution in [0.25, 0.3) is 11.3 Å². The van der Waals surface area contributed by atoms with Crippen LogP contribution in [0.3, 0.4) is 0 Å². The Morgan fingerprint density at radius 1 is 1.30 bits per heavy atom. The molecule has 3 rings (SSSR count). The predicted octanol–water partition coefficient (Wildman–Crippen LogP) is 3.69. The Kier molecular flexibility index (Phi) is 4.48. The normalized spacial score (nSPS) is 16.6. The molecule has 0 radical (unpaired) electrons. The summed E-state index contributed by atoms with van der Waals surface area (Å²) in [6.07, 6.45) is 1.35. The first-order valence-corrected chi connectivity index (χ1v) is 7.84. The molecule has 1 aromatic carbocycles. The van der Waals surface area contributed by atoms with Gasteiger partial charge in [0.2, 0.25) is 0 Å². The zero-order valence-electron chi connectivity index (χ0n) is 13.1. The molecule has 1 aliphatic heterocycles. The summed E-state index contributed by atoms with van der Waals surface area (Å²) in [6.45, 7) is 3.90. The highest BCUT2D eigenvalue weighted by molar-refractivity contribution is 5.70. The van der Waals surface area contributed by atoms with Gasteiger partial charge >= 0.3 is 5.97 Å². The molecule has 1 aliphatic rings. The van der Waals surface area contributed by atoms with Crippen LogP contribution in [0.1, 0.15) is 24.2 Å². The number of halogens is 1. The number of aliphatic carboxylic acids is 1. The first-order chi connectivity index (χ1) is 11.0. The van der Waals surface area contributed by atoms with Crippen molar-refractivity contribution in [1.29, 1.82) is 0 Å². The molecular weight excluding hydrogens is 297 g/mol. The average Bonchev–Trinajstić information content (AvgIpc) is 2.99. The van der Waals surface area contributed by atoms with Gasteiger partial charge in [-0.1, -0.05) is 12.1 Å². The monoisotopic (exact) mass is 317 g/mol. The zero-order valence-corrected chi connectivity index (χ0v) is 13.1. The number of carboxylic acids is 1. The number of hydrogen-bond acceptors (Lipinski definition) is 3. The van der Waals surface area contributed by atoms with Gasteiger partial charge in [0.15, 0.2) is 0 Å².